The van der Waals surface area contributed by atoms with Crippen LogP contribution in [0.5, 0.6) is 5.75 Å². The quantitative estimate of drug-likeness (QED) is 0.447. The van der Waals surface area contributed by atoms with E-state index in [1.54, 1.807) is 11.2 Å². The number of fused-ring (bicyclic) bond motifs is 4. The van der Waals surface area contributed by atoms with E-state index < -0.39 is 0 Å². The van der Waals surface area contributed by atoms with Crippen molar-refractivity contribution < 1.29 is 9.53 Å². The summed E-state index contributed by atoms with van der Waals surface area (Å²) in [5.74, 6) is 0.998. The number of thioether (sulfide) groups is 1. The second-order valence-corrected chi connectivity index (χ2v) is 9.04. The van der Waals surface area contributed by atoms with E-state index in [-0.39, 0.29) is 11.7 Å². The van der Waals surface area contributed by atoms with Crippen LogP contribution in [0.25, 0.3) is 16.0 Å². The first-order valence-electron chi connectivity index (χ1n) is 9.35. The highest BCUT2D eigenvalue weighted by Crippen LogP contribution is 2.34. The Morgan fingerprint density at radius 1 is 1.33 bits per heavy atom. The molecule has 3 aromatic heterocycles. The number of ether oxygens (including phenoxy) is 1. The van der Waals surface area contributed by atoms with Gasteiger partial charge in [0.15, 0.2) is 21.6 Å². The number of rotatable bonds is 4. The van der Waals surface area contributed by atoms with Crippen molar-refractivity contribution in [1.82, 2.24) is 24.6 Å². The van der Waals surface area contributed by atoms with Crippen LogP contribution in [0.1, 0.15) is 5.56 Å². The summed E-state index contributed by atoms with van der Waals surface area (Å²) in [6.07, 6.45) is 1.66. The second kappa shape index (κ2) is 7.40. The third kappa shape index (κ3) is 3.23. The van der Waals surface area contributed by atoms with Crippen molar-refractivity contribution in [1.29, 1.82) is 0 Å². The van der Waals surface area contributed by atoms with Crippen molar-refractivity contribution >= 4 is 55.8 Å². The third-order valence-corrected chi connectivity index (χ3v) is 6.88. The van der Waals surface area contributed by atoms with E-state index in [4.69, 9.17) is 4.74 Å². The fraction of sp³-hybridized carbons (Fsp3) is 0.316. The lowest BCUT2D eigenvalue weighted by Crippen LogP contribution is -2.39. The molecule has 1 aliphatic rings. The fourth-order valence-corrected chi connectivity index (χ4v) is 4.96. The van der Waals surface area contributed by atoms with Crippen LogP contribution in [-0.4, -0.2) is 63.5 Å². The average molecular weight is 442 g/mol. The summed E-state index contributed by atoms with van der Waals surface area (Å²) in [6.45, 7) is 3.03. The Morgan fingerprint density at radius 3 is 3.03 bits per heavy atom. The molecular weight excluding hydrogens is 422 g/mol. The van der Waals surface area contributed by atoms with Gasteiger partial charge < -0.3 is 14.5 Å². The lowest BCUT2D eigenvalue weighted by Gasteiger charge is -2.29. The Morgan fingerprint density at radius 2 is 2.20 bits per heavy atom. The van der Waals surface area contributed by atoms with E-state index >= 15 is 0 Å². The van der Waals surface area contributed by atoms with Crippen molar-refractivity contribution in [3.8, 4) is 5.75 Å². The molecule has 154 valence electrons. The Balaban J connectivity index is 1.39. The van der Waals surface area contributed by atoms with Crippen molar-refractivity contribution in [2.75, 3.05) is 42.8 Å². The number of aromatic nitrogens is 5. The number of carbonyl (C=O) groups is 1. The fourth-order valence-electron chi connectivity index (χ4n) is 3.26. The maximum atomic E-state index is 13.0. The average Bonchev–Trinajstić information content (AvgIpc) is 3.35. The first-order valence-corrected chi connectivity index (χ1v) is 11.2. The molecule has 5 rings (SSSR count). The molecule has 4 heterocycles. The number of benzene rings is 1. The SMILES string of the molecule is Cc1ccc2c(c1)N(C(=O)CSc1nnc3c4sc(N(C)C)nc4ncn13)CCO2. The summed E-state index contributed by atoms with van der Waals surface area (Å²) in [4.78, 5) is 25.6. The zero-order valence-electron chi connectivity index (χ0n) is 16.7. The summed E-state index contributed by atoms with van der Waals surface area (Å²) >= 11 is 2.87. The van der Waals surface area contributed by atoms with Crippen LogP contribution in [0.2, 0.25) is 0 Å². The van der Waals surface area contributed by atoms with E-state index in [1.807, 2.05) is 48.5 Å². The predicted molar refractivity (Wildman–Crippen MR) is 118 cm³/mol. The van der Waals surface area contributed by atoms with Gasteiger partial charge in [-0.05, 0) is 24.6 Å². The van der Waals surface area contributed by atoms with Crippen LogP contribution in [-0.2, 0) is 4.79 Å². The molecule has 0 fully saturated rings. The molecule has 0 unspecified atom stereocenters. The molecule has 0 saturated carbocycles. The number of thiazole rings is 1. The third-order valence-electron chi connectivity index (χ3n) is 4.75. The van der Waals surface area contributed by atoms with Crippen LogP contribution in [0.4, 0.5) is 10.8 Å². The van der Waals surface area contributed by atoms with Crippen molar-refractivity contribution in [3.63, 3.8) is 0 Å². The molecule has 0 radical (unpaired) electrons. The first kappa shape index (κ1) is 19.1. The molecule has 4 aromatic rings. The lowest BCUT2D eigenvalue weighted by atomic mass is 10.1. The van der Waals surface area contributed by atoms with E-state index in [2.05, 4.69) is 20.2 Å². The number of hydrogen-bond donors (Lipinski definition) is 0. The molecule has 0 spiro atoms. The highest BCUT2D eigenvalue weighted by molar-refractivity contribution is 7.99. The van der Waals surface area contributed by atoms with E-state index in [0.717, 1.165) is 26.8 Å². The monoisotopic (exact) mass is 441 g/mol. The van der Waals surface area contributed by atoms with Gasteiger partial charge in [-0.15, -0.1) is 10.2 Å². The molecule has 0 saturated heterocycles. The Hall–Kier alpha value is -2.92. The van der Waals surface area contributed by atoms with Crippen LogP contribution >= 0.6 is 23.1 Å². The van der Waals surface area contributed by atoms with Gasteiger partial charge in [0.05, 0.1) is 18.0 Å². The summed E-state index contributed by atoms with van der Waals surface area (Å²) < 4.78 is 8.38. The van der Waals surface area contributed by atoms with Crippen LogP contribution < -0.4 is 14.5 Å². The largest absolute Gasteiger partial charge is 0.490 e. The van der Waals surface area contributed by atoms with Gasteiger partial charge in [-0.25, -0.2) is 4.98 Å². The van der Waals surface area contributed by atoms with Crippen LogP contribution in [0, 0.1) is 6.92 Å². The van der Waals surface area contributed by atoms with E-state index in [9.17, 15) is 4.79 Å². The summed E-state index contributed by atoms with van der Waals surface area (Å²) in [5, 5.41) is 10.1. The van der Waals surface area contributed by atoms with Crippen LogP contribution in [0.3, 0.4) is 0 Å². The van der Waals surface area contributed by atoms with Gasteiger partial charge in [0.25, 0.3) is 0 Å². The highest BCUT2D eigenvalue weighted by atomic mass is 32.2. The van der Waals surface area contributed by atoms with Gasteiger partial charge in [0, 0.05) is 14.1 Å². The number of hydrogen-bond acceptors (Lipinski definition) is 9. The van der Waals surface area contributed by atoms with Gasteiger partial charge in [0.2, 0.25) is 5.91 Å². The number of amides is 1. The van der Waals surface area contributed by atoms with E-state index in [1.165, 1.54) is 23.1 Å². The zero-order chi connectivity index (χ0) is 20.8. The summed E-state index contributed by atoms with van der Waals surface area (Å²) in [7, 11) is 3.88. The van der Waals surface area contributed by atoms with Crippen molar-refractivity contribution in [2.45, 2.75) is 12.1 Å². The Labute approximate surface area is 180 Å². The van der Waals surface area contributed by atoms with Gasteiger partial charge in [-0.2, -0.15) is 4.98 Å². The number of carbonyl (C=O) groups excluding carboxylic acids is 1. The molecule has 0 atom stereocenters. The minimum Gasteiger partial charge on any atom is -0.490 e. The molecule has 30 heavy (non-hydrogen) atoms. The van der Waals surface area contributed by atoms with Gasteiger partial charge in [0.1, 0.15) is 23.4 Å². The summed E-state index contributed by atoms with van der Waals surface area (Å²) in [6, 6.07) is 5.88. The number of anilines is 2. The molecule has 0 N–H and O–H groups in total. The molecular formula is C19H19N7O2S2. The zero-order valence-corrected chi connectivity index (χ0v) is 18.3. The lowest BCUT2D eigenvalue weighted by molar-refractivity contribution is -0.116. The number of aryl methyl sites for hydroxylation is 1. The minimum absolute atomic E-state index is 0.00798. The standard InChI is InChI=1S/C19H19N7O2S2/c1-11-4-5-13-12(8-11)25(6-7-28-13)14(27)9-29-19-23-22-17-15-16(20-10-26(17)19)21-18(30-15)24(2)3/h4-5,8,10H,6-7,9H2,1-3H3. The molecule has 11 heteroatoms. The van der Waals surface area contributed by atoms with E-state index in [0.29, 0.717) is 29.6 Å². The van der Waals surface area contributed by atoms with Crippen molar-refractivity contribution in [2.24, 2.45) is 0 Å². The molecule has 0 bridgehead atoms. The molecule has 9 nitrogen and oxygen atoms in total. The van der Waals surface area contributed by atoms with Gasteiger partial charge in [-0.1, -0.05) is 29.2 Å². The first-order chi connectivity index (χ1) is 14.5. The van der Waals surface area contributed by atoms with Gasteiger partial charge >= 0.3 is 0 Å². The van der Waals surface area contributed by atoms with Crippen molar-refractivity contribution in [3.05, 3.63) is 30.1 Å². The predicted octanol–water partition coefficient (Wildman–Crippen LogP) is 2.63. The van der Waals surface area contributed by atoms with Crippen LogP contribution in [0.15, 0.2) is 29.7 Å². The molecule has 0 aliphatic carbocycles. The molecule has 1 aliphatic heterocycles. The second-order valence-electron chi connectivity index (χ2n) is 7.12. The topological polar surface area (TPSA) is 88.8 Å². The maximum absolute atomic E-state index is 13.0. The highest BCUT2D eigenvalue weighted by Gasteiger charge is 2.24. The smallest absolute Gasteiger partial charge is 0.237 e. The molecule has 1 amide bonds. The van der Waals surface area contributed by atoms with Gasteiger partial charge in [-0.3, -0.25) is 9.20 Å². The summed E-state index contributed by atoms with van der Waals surface area (Å²) in [5.41, 5.74) is 3.26. The number of nitrogens with zero attached hydrogens (tertiary/aromatic N) is 7. The Kier molecular flexibility index (Phi) is 4.70. The minimum atomic E-state index is 0.00798. The normalized spacial score (nSPS) is 13.5. The Bertz CT molecular complexity index is 1270. The maximum Gasteiger partial charge on any atom is 0.237 e. The molecule has 1 aromatic carbocycles.